The van der Waals surface area contributed by atoms with Crippen molar-refractivity contribution in [3.8, 4) is 56.0 Å². The summed E-state index contributed by atoms with van der Waals surface area (Å²) < 4.78 is 7.18. The van der Waals surface area contributed by atoms with E-state index in [2.05, 4.69) is 255 Å². The molecule has 0 saturated heterocycles. The highest BCUT2D eigenvalue weighted by atomic mass is 16.5. The zero-order valence-electron chi connectivity index (χ0n) is 37.9. The summed E-state index contributed by atoms with van der Waals surface area (Å²) in [6.07, 6.45) is 0. The van der Waals surface area contributed by atoms with Crippen LogP contribution in [0.1, 0.15) is 47.2 Å². The van der Waals surface area contributed by atoms with Crippen LogP contribution in [0.2, 0.25) is 0 Å². The largest absolute Gasteiger partial charge is 0.455 e. The summed E-state index contributed by atoms with van der Waals surface area (Å²) >= 11 is 0. The molecule has 14 rings (SSSR count). The maximum absolute atomic E-state index is 7.18. The van der Waals surface area contributed by atoms with Crippen molar-refractivity contribution in [3.63, 3.8) is 0 Å². The molecule has 3 aliphatic rings. The van der Waals surface area contributed by atoms with Crippen molar-refractivity contribution >= 4 is 38.6 Å². The molecule has 2 aliphatic carbocycles. The van der Waals surface area contributed by atoms with Gasteiger partial charge in [0.1, 0.15) is 11.5 Å². The first-order valence-electron chi connectivity index (χ1n) is 23.7. The third-order valence-corrected chi connectivity index (χ3v) is 15.3. The molecule has 0 amide bonds. The number of para-hydroxylation sites is 1. The Morgan fingerprint density at radius 2 is 0.765 bits per heavy atom. The average molecular weight is 868 g/mol. The lowest BCUT2D eigenvalue weighted by atomic mass is 9.65. The van der Waals surface area contributed by atoms with Crippen LogP contribution in [0, 0.1) is 0 Å². The van der Waals surface area contributed by atoms with Crippen LogP contribution in [0.4, 0.5) is 17.1 Å². The van der Waals surface area contributed by atoms with Crippen LogP contribution in [0.25, 0.3) is 66.1 Å². The minimum Gasteiger partial charge on any atom is -0.455 e. The zero-order chi connectivity index (χ0) is 45.1. The molecule has 1 heterocycles. The number of benzene rings is 11. The van der Waals surface area contributed by atoms with Crippen molar-refractivity contribution in [2.45, 2.75) is 24.7 Å². The minimum atomic E-state index is -0.583. The predicted molar refractivity (Wildman–Crippen MR) is 282 cm³/mol. The van der Waals surface area contributed by atoms with E-state index in [-0.39, 0.29) is 5.41 Å². The van der Waals surface area contributed by atoms with E-state index < -0.39 is 5.41 Å². The maximum atomic E-state index is 7.18. The first-order valence-corrected chi connectivity index (χ1v) is 23.7. The van der Waals surface area contributed by atoms with Crippen LogP contribution >= 0.6 is 0 Å². The number of fused-ring (bicyclic) bond motifs is 16. The second-order valence-corrected chi connectivity index (χ2v) is 19.2. The van der Waals surface area contributed by atoms with Gasteiger partial charge in [0, 0.05) is 44.4 Å². The third kappa shape index (κ3) is 5.46. The van der Waals surface area contributed by atoms with Gasteiger partial charge in [0.25, 0.3) is 0 Å². The Hall–Kier alpha value is -8.46. The molecule has 0 unspecified atom stereocenters. The fourth-order valence-electron chi connectivity index (χ4n) is 12.1. The highest BCUT2D eigenvalue weighted by Gasteiger charge is 2.52. The number of nitrogens with zero attached hydrogens (tertiary/aromatic N) is 1. The van der Waals surface area contributed by atoms with Crippen LogP contribution in [-0.4, -0.2) is 0 Å². The molecule has 0 atom stereocenters. The molecule has 0 bridgehead atoms. The molecule has 68 heavy (non-hydrogen) atoms. The molecule has 0 fully saturated rings. The quantitative estimate of drug-likeness (QED) is 0.171. The summed E-state index contributed by atoms with van der Waals surface area (Å²) in [6, 6.07) is 87.3. The van der Waals surface area contributed by atoms with Gasteiger partial charge in [-0.05, 0) is 126 Å². The van der Waals surface area contributed by atoms with E-state index in [0.29, 0.717) is 0 Å². The van der Waals surface area contributed by atoms with E-state index in [1.165, 1.54) is 83.1 Å². The Kier molecular flexibility index (Phi) is 8.28. The molecular formula is C66H45NO. The van der Waals surface area contributed by atoms with Crippen LogP contribution in [0.15, 0.2) is 237 Å². The fourth-order valence-corrected chi connectivity index (χ4v) is 12.1. The van der Waals surface area contributed by atoms with E-state index in [9.17, 15) is 0 Å². The van der Waals surface area contributed by atoms with Gasteiger partial charge in [0.2, 0.25) is 0 Å². The lowest BCUT2D eigenvalue weighted by Crippen LogP contribution is -2.32. The lowest BCUT2D eigenvalue weighted by Gasteiger charge is -2.40. The van der Waals surface area contributed by atoms with Crippen molar-refractivity contribution in [2.24, 2.45) is 0 Å². The summed E-state index contributed by atoms with van der Waals surface area (Å²) in [5.41, 5.74) is 20.4. The molecule has 11 aromatic carbocycles. The van der Waals surface area contributed by atoms with Crippen molar-refractivity contribution < 1.29 is 4.74 Å². The standard InChI is InChI=1S/C66H45NO/c1-65(2)57-25-12-10-23-53(57)55-40-46(31-35-58(55)65)42-27-33-49(34-28-42)67(48-18-4-3-5-19-48)50-20-14-17-45(39-50)47-32-36-60-56(41-47)54-24-11-13-26-59(54)66(60)61-37-29-43-15-6-8-21-51(43)63(61)68-64-52-22-9-7-16-44(52)30-38-62(64)66/h3-41H,1-2H3. The van der Waals surface area contributed by atoms with Gasteiger partial charge in [0.05, 0.1) is 5.41 Å². The van der Waals surface area contributed by atoms with Gasteiger partial charge >= 0.3 is 0 Å². The molecule has 0 radical (unpaired) electrons. The van der Waals surface area contributed by atoms with Crippen molar-refractivity contribution in [2.75, 3.05) is 4.90 Å². The van der Waals surface area contributed by atoms with Gasteiger partial charge in [-0.2, -0.15) is 0 Å². The van der Waals surface area contributed by atoms with Crippen LogP contribution < -0.4 is 9.64 Å². The van der Waals surface area contributed by atoms with Crippen LogP contribution in [-0.2, 0) is 10.8 Å². The third-order valence-electron chi connectivity index (χ3n) is 15.3. The highest BCUT2D eigenvalue weighted by Crippen LogP contribution is 2.64. The lowest BCUT2D eigenvalue weighted by molar-refractivity contribution is 0.447. The number of hydrogen-bond donors (Lipinski definition) is 0. The molecule has 11 aromatic rings. The van der Waals surface area contributed by atoms with Gasteiger partial charge < -0.3 is 9.64 Å². The van der Waals surface area contributed by atoms with Crippen molar-refractivity contribution in [1.82, 2.24) is 0 Å². The summed E-state index contributed by atoms with van der Waals surface area (Å²) in [5, 5.41) is 4.58. The first-order chi connectivity index (χ1) is 33.5. The SMILES string of the molecule is CC1(C)c2ccccc2-c2cc(-c3ccc(N(c4ccccc4)c4cccc(-c5ccc6c(c5)-c5ccccc5C65c6ccc7ccccc7c6Oc6c5ccc5ccccc65)c4)cc3)ccc21. The normalized spacial score (nSPS) is 14.1. The number of rotatable bonds is 5. The van der Waals surface area contributed by atoms with E-state index >= 15 is 0 Å². The molecule has 320 valence electrons. The molecule has 0 aromatic heterocycles. The average Bonchev–Trinajstić information content (AvgIpc) is 3.81. The minimum absolute atomic E-state index is 0.0137. The molecule has 1 spiro atoms. The first kappa shape index (κ1) is 38.8. The van der Waals surface area contributed by atoms with Gasteiger partial charge in [-0.3, -0.25) is 0 Å². The number of anilines is 3. The smallest absolute Gasteiger partial charge is 0.140 e. The van der Waals surface area contributed by atoms with Gasteiger partial charge in [-0.1, -0.05) is 202 Å². The molecule has 1 aliphatic heterocycles. The van der Waals surface area contributed by atoms with E-state index in [4.69, 9.17) is 4.74 Å². The Balaban J connectivity index is 0.889. The van der Waals surface area contributed by atoms with E-state index in [0.717, 1.165) is 44.9 Å². The monoisotopic (exact) mass is 867 g/mol. The summed E-state index contributed by atoms with van der Waals surface area (Å²) in [5.74, 6) is 1.87. The Morgan fingerprint density at radius 1 is 0.309 bits per heavy atom. The topological polar surface area (TPSA) is 12.5 Å². The van der Waals surface area contributed by atoms with Crippen LogP contribution in [0.5, 0.6) is 11.5 Å². The van der Waals surface area contributed by atoms with Crippen LogP contribution in [0.3, 0.4) is 0 Å². The Bertz CT molecular complexity index is 3780. The Morgan fingerprint density at radius 3 is 1.46 bits per heavy atom. The summed E-state index contributed by atoms with van der Waals surface area (Å²) in [6.45, 7) is 4.68. The molecule has 0 saturated carbocycles. The van der Waals surface area contributed by atoms with Gasteiger partial charge in [0.15, 0.2) is 0 Å². The second kappa shape index (κ2) is 14.5. The maximum Gasteiger partial charge on any atom is 0.140 e. The summed E-state index contributed by atoms with van der Waals surface area (Å²) in [7, 11) is 0. The van der Waals surface area contributed by atoms with Crippen molar-refractivity contribution in [3.05, 3.63) is 270 Å². The Labute approximate surface area is 397 Å². The summed E-state index contributed by atoms with van der Waals surface area (Å²) in [4.78, 5) is 2.37. The predicted octanol–water partition coefficient (Wildman–Crippen LogP) is 17.6. The van der Waals surface area contributed by atoms with E-state index in [1.807, 2.05) is 0 Å². The van der Waals surface area contributed by atoms with Gasteiger partial charge in [-0.15, -0.1) is 0 Å². The number of hydrogen-bond acceptors (Lipinski definition) is 2. The molecule has 2 nitrogen and oxygen atoms in total. The molecule has 2 heteroatoms. The second-order valence-electron chi connectivity index (χ2n) is 19.2. The zero-order valence-corrected chi connectivity index (χ0v) is 37.9. The molecule has 0 N–H and O–H groups in total. The van der Waals surface area contributed by atoms with E-state index in [1.54, 1.807) is 0 Å². The van der Waals surface area contributed by atoms with Gasteiger partial charge in [-0.25, -0.2) is 0 Å². The van der Waals surface area contributed by atoms with Crippen molar-refractivity contribution in [1.29, 1.82) is 0 Å². The fraction of sp³-hybridized carbons (Fsp3) is 0.0606. The number of ether oxygens (including phenoxy) is 1. The molecular weight excluding hydrogens is 823 g/mol. The highest BCUT2D eigenvalue weighted by molar-refractivity contribution is 6.00.